The SMILES string of the molecule is C1CCC(NC2CCCCC2)CC1.COC[C@H](NC(=O)OC(C)(C)C)C(=O)O. The van der Waals surface area contributed by atoms with Crippen molar-refractivity contribution in [2.45, 2.75) is 109 Å². The van der Waals surface area contributed by atoms with Crippen LogP contribution >= 0.6 is 0 Å². The van der Waals surface area contributed by atoms with E-state index in [1.165, 1.54) is 71.3 Å². The third-order valence-corrected chi connectivity index (χ3v) is 5.00. The number of carbonyl (C=O) groups is 2. The maximum atomic E-state index is 11.2. The first-order valence-electron chi connectivity index (χ1n) is 10.7. The fraction of sp³-hybridized carbons (Fsp3) is 0.905. The first-order valence-corrected chi connectivity index (χ1v) is 10.7. The van der Waals surface area contributed by atoms with Gasteiger partial charge < -0.3 is 25.2 Å². The van der Waals surface area contributed by atoms with Crippen molar-refractivity contribution in [2.75, 3.05) is 13.7 Å². The predicted octanol–water partition coefficient (Wildman–Crippen LogP) is 3.85. The Hall–Kier alpha value is -1.34. The summed E-state index contributed by atoms with van der Waals surface area (Å²) in [5.74, 6) is -1.16. The van der Waals surface area contributed by atoms with Crippen LogP contribution in [-0.4, -0.2) is 54.6 Å². The number of hydrogen-bond acceptors (Lipinski definition) is 5. The van der Waals surface area contributed by atoms with E-state index >= 15 is 0 Å². The number of hydrogen-bond donors (Lipinski definition) is 3. The summed E-state index contributed by atoms with van der Waals surface area (Å²) in [5, 5.41) is 14.7. The van der Waals surface area contributed by atoms with Crippen molar-refractivity contribution in [1.29, 1.82) is 0 Å². The number of nitrogens with one attached hydrogen (secondary N) is 2. The smallest absolute Gasteiger partial charge is 0.408 e. The maximum absolute atomic E-state index is 11.2. The lowest BCUT2D eigenvalue weighted by atomic mass is 9.91. The number of ether oxygens (including phenoxy) is 2. The van der Waals surface area contributed by atoms with E-state index in [0.29, 0.717) is 0 Å². The standard InChI is InChI=1S/C12H23N.C9H17NO5/c1-3-7-11(8-4-1)13-12-9-5-2-6-10-12;1-9(2,3)15-8(13)10-6(5-14-4)7(11)12/h11-13H,1-10H2;6H,5H2,1-4H3,(H,10,13)(H,11,12)/t;6-/m.0/s1. The molecule has 0 aromatic rings. The monoisotopic (exact) mass is 400 g/mol. The molecule has 0 unspecified atom stereocenters. The van der Waals surface area contributed by atoms with Gasteiger partial charge in [-0.1, -0.05) is 38.5 Å². The van der Waals surface area contributed by atoms with E-state index in [1.54, 1.807) is 20.8 Å². The molecule has 0 aromatic carbocycles. The Kier molecular flexibility index (Phi) is 11.5. The molecule has 0 aromatic heterocycles. The third kappa shape index (κ3) is 11.5. The zero-order chi connectivity index (χ0) is 21.0. The molecule has 2 saturated carbocycles. The Morgan fingerprint density at radius 1 is 0.964 bits per heavy atom. The van der Waals surface area contributed by atoms with E-state index in [1.807, 2.05) is 0 Å². The fourth-order valence-corrected chi connectivity index (χ4v) is 3.66. The molecule has 0 bridgehead atoms. The molecule has 1 amide bonds. The van der Waals surface area contributed by atoms with E-state index < -0.39 is 23.7 Å². The minimum absolute atomic E-state index is 0.103. The number of methoxy groups -OCH3 is 1. The quantitative estimate of drug-likeness (QED) is 0.626. The molecule has 2 fully saturated rings. The molecule has 7 heteroatoms. The van der Waals surface area contributed by atoms with Crippen LogP contribution in [0.25, 0.3) is 0 Å². The molecule has 164 valence electrons. The zero-order valence-corrected chi connectivity index (χ0v) is 18.1. The van der Waals surface area contributed by atoms with Crippen LogP contribution in [0.4, 0.5) is 4.79 Å². The van der Waals surface area contributed by atoms with Crippen molar-refractivity contribution >= 4 is 12.1 Å². The van der Waals surface area contributed by atoms with Crippen LogP contribution in [0.1, 0.15) is 85.0 Å². The van der Waals surface area contributed by atoms with Crippen LogP contribution in [-0.2, 0) is 14.3 Å². The van der Waals surface area contributed by atoms with Crippen molar-refractivity contribution in [3.63, 3.8) is 0 Å². The predicted molar refractivity (Wildman–Crippen MR) is 110 cm³/mol. The molecule has 2 aliphatic rings. The highest BCUT2D eigenvalue weighted by Gasteiger charge is 2.23. The van der Waals surface area contributed by atoms with Gasteiger partial charge in [0.1, 0.15) is 5.60 Å². The number of rotatable bonds is 6. The van der Waals surface area contributed by atoms with Gasteiger partial charge in [-0.3, -0.25) is 0 Å². The van der Waals surface area contributed by atoms with Gasteiger partial charge >= 0.3 is 12.1 Å². The second-order valence-corrected chi connectivity index (χ2v) is 8.83. The Morgan fingerprint density at radius 3 is 1.79 bits per heavy atom. The summed E-state index contributed by atoms with van der Waals surface area (Å²) in [5.41, 5.74) is -0.653. The molecule has 1 atom stereocenters. The molecule has 0 heterocycles. The molecule has 3 N–H and O–H groups in total. The first kappa shape index (κ1) is 24.7. The van der Waals surface area contributed by atoms with Gasteiger partial charge in [0.2, 0.25) is 0 Å². The van der Waals surface area contributed by atoms with Crippen molar-refractivity contribution in [2.24, 2.45) is 0 Å². The Balaban J connectivity index is 0.000000281. The van der Waals surface area contributed by atoms with Gasteiger partial charge in [0.05, 0.1) is 6.61 Å². The first-order chi connectivity index (χ1) is 13.2. The number of aliphatic carboxylic acids is 1. The van der Waals surface area contributed by atoms with E-state index in [0.717, 1.165) is 12.1 Å². The van der Waals surface area contributed by atoms with E-state index in [4.69, 9.17) is 9.84 Å². The van der Waals surface area contributed by atoms with Crippen LogP contribution < -0.4 is 10.6 Å². The molecular formula is C21H40N2O5. The molecule has 0 spiro atoms. The minimum atomic E-state index is -1.16. The lowest BCUT2D eigenvalue weighted by molar-refractivity contribution is -0.140. The lowest BCUT2D eigenvalue weighted by Crippen LogP contribution is -2.45. The second kappa shape index (κ2) is 13.0. The summed E-state index contributed by atoms with van der Waals surface area (Å²) >= 11 is 0. The van der Waals surface area contributed by atoms with Crippen molar-refractivity contribution in [3.8, 4) is 0 Å². The summed E-state index contributed by atoms with van der Waals surface area (Å²) in [6.07, 6.45) is 13.8. The number of alkyl carbamates (subject to hydrolysis) is 1. The van der Waals surface area contributed by atoms with E-state index in [9.17, 15) is 9.59 Å². The summed E-state index contributed by atoms with van der Waals surface area (Å²) in [6, 6.07) is 0.651. The summed E-state index contributed by atoms with van der Waals surface area (Å²) in [4.78, 5) is 21.8. The number of carboxylic acids is 1. The van der Waals surface area contributed by atoms with Crippen molar-refractivity contribution in [3.05, 3.63) is 0 Å². The van der Waals surface area contributed by atoms with Crippen LogP contribution in [0.3, 0.4) is 0 Å². The van der Waals surface area contributed by atoms with E-state index in [-0.39, 0.29) is 6.61 Å². The Morgan fingerprint density at radius 2 is 1.43 bits per heavy atom. The average molecular weight is 401 g/mol. The van der Waals surface area contributed by atoms with Crippen LogP contribution in [0.2, 0.25) is 0 Å². The average Bonchev–Trinajstić information content (AvgIpc) is 2.62. The molecule has 2 rings (SSSR count). The molecular weight excluding hydrogens is 360 g/mol. The third-order valence-electron chi connectivity index (χ3n) is 5.00. The summed E-state index contributed by atoms with van der Waals surface area (Å²) < 4.78 is 9.54. The molecule has 7 nitrogen and oxygen atoms in total. The van der Waals surface area contributed by atoms with Gasteiger partial charge in [-0.15, -0.1) is 0 Å². The van der Waals surface area contributed by atoms with E-state index in [2.05, 4.69) is 15.4 Å². The van der Waals surface area contributed by atoms with Crippen molar-refractivity contribution in [1.82, 2.24) is 10.6 Å². The topological polar surface area (TPSA) is 96.9 Å². The lowest BCUT2D eigenvalue weighted by Gasteiger charge is -2.30. The van der Waals surface area contributed by atoms with Gasteiger partial charge in [-0.25, -0.2) is 9.59 Å². The highest BCUT2D eigenvalue weighted by molar-refractivity contribution is 5.80. The Labute approximate surface area is 169 Å². The largest absolute Gasteiger partial charge is 0.480 e. The number of amides is 1. The maximum Gasteiger partial charge on any atom is 0.408 e. The fourth-order valence-electron chi connectivity index (χ4n) is 3.66. The number of carbonyl (C=O) groups excluding carboxylic acids is 1. The highest BCUT2D eigenvalue weighted by atomic mass is 16.6. The molecule has 0 aliphatic heterocycles. The molecule has 0 saturated heterocycles. The van der Waals surface area contributed by atoms with Gasteiger partial charge in [-0.05, 0) is 46.5 Å². The second-order valence-electron chi connectivity index (χ2n) is 8.83. The zero-order valence-electron chi connectivity index (χ0n) is 18.1. The van der Waals surface area contributed by atoms with Crippen LogP contribution in [0, 0.1) is 0 Å². The normalized spacial score (nSPS) is 19.9. The van der Waals surface area contributed by atoms with Crippen LogP contribution in [0.15, 0.2) is 0 Å². The van der Waals surface area contributed by atoms with Gasteiger partial charge in [0, 0.05) is 19.2 Å². The van der Waals surface area contributed by atoms with Crippen LogP contribution in [0.5, 0.6) is 0 Å². The summed E-state index contributed by atoms with van der Waals surface area (Å²) in [6.45, 7) is 4.98. The van der Waals surface area contributed by atoms with Gasteiger partial charge in [0.25, 0.3) is 0 Å². The number of carboxylic acid groups (broad SMARTS) is 1. The summed E-state index contributed by atoms with van der Waals surface area (Å²) in [7, 11) is 1.35. The Bertz CT molecular complexity index is 436. The van der Waals surface area contributed by atoms with Gasteiger partial charge in [0.15, 0.2) is 6.04 Å². The molecule has 28 heavy (non-hydrogen) atoms. The highest BCUT2D eigenvalue weighted by Crippen LogP contribution is 2.22. The minimum Gasteiger partial charge on any atom is -0.480 e. The van der Waals surface area contributed by atoms with Crippen molar-refractivity contribution < 1.29 is 24.2 Å². The molecule has 2 aliphatic carbocycles. The molecule has 0 radical (unpaired) electrons. The van der Waals surface area contributed by atoms with Gasteiger partial charge in [-0.2, -0.15) is 0 Å².